The average molecular weight is 272 g/mol. The maximum atomic E-state index is 5.00. The van der Waals surface area contributed by atoms with Crippen molar-refractivity contribution in [2.24, 2.45) is 23.7 Å². The summed E-state index contributed by atoms with van der Waals surface area (Å²) < 4.78 is 0. The van der Waals surface area contributed by atoms with Gasteiger partial charge in [0.25, 0.3) is 0 Å². The Balaban J connectivity index is 1.63. The maximum absolute atomic E-state index is 5.00. The van der Waals surface area contributed by atoms with Crippen LogP contribution >= 0.6 is 0 Å². The van der Waals surface area contributed by atoms with Gasteiger partial charge in [0.05, 0.1) is 22.4 Å². The van der Waals surface area contributed by atoms with Gasteiger partial charge in [-0.15, -0.1) is 0 Å². The van der Waals surface area contributed by atoms with E-state index in [2.05, 4.69) is 48.6 Å². The van der Waals surface area contributed by atoms with Crippen LogP contribution in [0.2, 0.25) is 0 Å². The van der Waals surface area contributed by atoms with Gasteiger partial charge in [0.1, 0.15) is 0 Å². The quantitative estimate of drug-likeness (QED) is 0.681. The smallest absolute Gasteiger partial charge is 0.0890 e. The van der Waals surface area contributed by atoms with Gasteiger partial charge < -0.3 is 0 Å². The number of allylic oxidation sites excluding steroid dienone is 4. The third-order valence-electron chi connectivity index (χ3n) is 6.20. The van der Waals surface area contributed by atoms with Gasteiger partial charge in [-0.2, -0.15) is 0 Å². The van der Waals surface area contributed by atoms with Crippen LogP contribution in [0.15, 0.2) is 48.6 Å². The summed E-state index contributed by atoms with van der Waals surface area (Å²) >= 11 is 0. The van der Waals surface area contributed by atoms with Crippen molar-refractivity contribution in [1.29, 1.82) is 0 Å². The Morgan fingerprint density at radius 2 is 1.24 bits per heavy atom. The molecule has 1 saturated carbocycles. The highest BCUT2D eigenvalue weighted by atomic mass is 14.9. The molecule has 7 rings (SSSR count). The fourth-order valence-electron chi connectivity index (χ4n) is 5.47. The second kappa shape index (κ2) is 3.44. The van der Waals surface area contributed by atoms with Gasteiger partial charge in [0.15, 0.2) is 0 Å². The highest BCUT2D eigenvalue weighted by molar-refractivity contribution is 5.75. The number of para-hydroxylation sites is 2. The zero-order chi connectivity index (χ0) is 13.6. The number of fused-ring (bicyclic) bond motifs is 3. The molecule has 6 atom stereocenters. The molecule has 1 aromatic heterocycles. The van der Waals surface area contributed by atoms with Crippen molar-refractivity contribution in [2.45, 2.75) is 18.3 Å². The molecule has 2 nitrogen and oxygen atoms in total. The van der Waals surface area contributed by atoms with Crippen LogP contribution in [0.4, 0.5) is 0 Å². The van der Waals surface area contributed by atoms with Crippen LogP contribution in [0, 0.1) is 23.7 Å². The van der Waals surface area contributed by atoms with Crippen LogP contribution in [0.5, 0.6) is 0 Å². The lowest BCUT2D eigenvalue weighted by Crippen LogP contribution is -2.38. The van der Waals surface area contributed by atoms with Crippen LogP contribution < -0.4 is 0 Å². The first-order chi connectivity index (χ1) is 10.4. The van der Waals surface area contributed by atoms with E-state index in [0.29, 0.717) is 11.8 Å². The number of hydrogen-bond acceptors (Lipinski definition) is 2. The van der Waals surface area contributed by atoms with E-state index in [1.807, 2.05) is 0 Å². The minimum absolute atomic E-state index is 0.493. The standard InChI is InChI=1S/C19H16N2/c1-2-4-15-14(3-1)20-18-12-7-8-13(19(18)21-15)17-11-6-5-10(9-11)16(12)17/h1-8,10-13,16-17H,9H2/t10-,11+,12+,13-,16+,17-. The Hall–Kier alpha value is -1.96. The molecule has 1 aromatic carbocycles. The lowest BCUT2D eigenvalue weighted by molar-refractivity contribution is 0.220. The number of benzene rings is 1. The highest BCUT2D eigenvalue weighted by Crippen LogP contribution is 2.63. The van der Waals surface area contributed by atoms with Crippen molar-refractivity contribution in [3.63, 3.8) is 0 Å². The minimum Gasteiger partial charge on any atom is -0.249 e. The molecule has 0 unspecified atom stereocenters. The molecule has 2 aromatic rings. The fourth-order valence-corrected chi connectivity index (χ4v) is 5.47. The van der Waals surface area contributed by atoms with Crippen molar-refractivity contribution >= 4 is 11.0 Å². The predicted octanol–water partition coefficient (Wildman–Crippen LogP) is 3.82. The van der Waals surface area contributed by atoms with Crippen molar-refractivity contribution in [1.82, 2.24) is 9.97 Å². The van der Waals surface area contributed by atoms with Crippen molar-refractivity contribution in [2.75, 3.05) is 0 Å². The van der Waals surface area contributed by atoms with Crippen molar-refractivity contribution < 1.29 is 0 Å². The molecule has 5 aliphatic rings. The Kier molecular flexibility index (Phi) is 1.75. The summed E-state index contributed by atoms with van der Waals surface area (Å²) in [6, 6.07) is 8.30. The minimum atomic E-state index is 0.493. The van der Waals surface area contributed by atoms with Crippen molar-refractivity contribution in [3.05, 3.63) is 60.0 Å². The molecule has 0 radical (unpaired) electrons. The Labute approximate surface area is 123 Å². The van der Waals surface area contributed by atoms with Gasteiger partial charge in [-0.05, 0) is 42.2 Å². The first-order valence-corrected chi connectivity index (χ1v) is 8.03. The first-order valence-electron chi connectivity index (χ1n) is 8.03. The van der Waals surface area contributed by atoms with Gasteiger partial charge >= 0.3 is 0 Å². The molecule has 1 heterocycles. The average Bonchev–Trinajstić information content (AvgIpc) is 3.16. The largest absolute Gasteiger partial charge is 0.249 e. The Bertz CT molecular complexity index is 768. The lowest BCUT2D eigenvalue weighted by atomic mass is 9.59. The van der Waals surface area contributed by atoms with Crippen LogP contribution in [-0.4, -0.2) is 9.97 Å². The van der Waals surface area contributed by atoms with Gasteiger partial charge in [-0.3, -0.25) is 0 Å². The monoisotopic (exact) mass is 272 g/mol. The molecule has 0 aliphatic heterocycles. The maximum Gasteiger partial charge on any atom is 0.0890 e. The summed E-state index contributed by atoms with van der Waals surface area (Å²) in [7, 11) is 0. The number of nitrogens with zero attached hydrogens (tertiary/aromatic N) is 2. The van der Waals surface area contributed by atoms with E-state index in [4.69, 9.17) is 9.97 Å². The Morgan fingerprint density at radius 3 is 1.76 bits per heavy atom. The number of hydrogen-bond donors (Lipinski definition) is 0. The van der Waals surface area contributed by atoms with E-state index < -0.39 is 0 Å². The molecule has 4 bridgehead atoms. The molecular formula is C19H16N2. The summed E-state index contributed by atoms with van der Waals surface area (Å²) in [4.78, 5) is 10.0. The van der Waals surface area contributed by atoms with Crippen LogP contribution in [-0.2, 0) is 0 Å². The van der Waals surface area contributed by atoms with Crippen LogP contribution in [0.1, 0.15) is 29.6 Å². The molecular weight excluding hydrogens is 256 g/mol. The second-order valence-corrected chi connectivity index (χ2v) is 7.02. The van der Waals surface area contributed by atoms with Crippen LogP contribution in [0.3, 0.4) is 0 Å². The van der Waals surface area contributed by atoms with Gasteiger partial charge in [-0.1, -0.05) is 36.4 Å². The molecule has 0 N–H and O–H groups in total. The van der Waals surface area contributed by atoms with Crippen LogP contribution in [0.25, 0.3) is 11.0 Å². The third-order valence-corrected chi connectivity index (χ3v) is 6.20. The molecule has 5 aliphatic carbocycles. The zero-order valence-corrected chi connectivity index (χ0v) is 11.7. The van der Waals surface area contributed by atoms with E-state index in [0.717, 1.165) is 34.7 Å². The molecule has 0 spiro atoms. The first kappa shape index (κ1) is 10.7. The van der Waals surface area contributed by atoms with E-state index in [1.54, 1.807) is 0 Å². The van der Waals surface area contributed by atoms with Gasteiger partial charge in [-0.25, -0.2) is 9.97 Å². The normalized spacial score (nSPS) is 40.8. The summed E-state index contributed by atoms with van der Waals surface area (Å²) in [6.45, 7) is 0. The molecule has 1 fully saturated rings. The van der Waals surface area contributed by atoms with E-state index in [-0.39, 0.29) is 0 Å². The topological polar surface area (TPSA) is 25.8 Å². The lowest BCUT2D eigenvalue weighted by Gasteiger charge is -2.45. The number of aromatic nitrogens is 2. The van der Waals surface area contributed by atoms with E-state index in [9.17, 15) is 0 Å². The molecule has 0 amide bonds. The summed E-state index contributed by atoms with van der Waals surface area (Å²) in [6.07, 6.45) is 11.1. The predicted molar refractivity (Wildman–Crippen MR) is 81.9 cm³/mol. The molecule has 0 saturated heterocycles. The number of rotatable bonds is 0. The zero-order valence-electron chi connectivity index (χ0n) is 11.7. The second-order valence-electron chi connectivity index (χ2n) is 7.02. The van der Waals surface area contributed by atoms with Gasteiger partial charge in [0, 0.05) is 11.8 Å². The summed E-state index contributed by atoms with van der Waals surface area (Å²) in [5.74, 6) is 4.09. The van der Waals surface area contributed by atoms with Crippen molar-refractivity contribution in [3.8, 4) is 0 Å². The van der Waals surface area contributed by atoms with E-state index >= 15 is 0 Å². The molecule has 21 heavy (non-hydrogen) atoms. The van der Waals surface area contributed by atoms with E-state index in [1.165, 1.54) is 17.8 Å². The molecule has 2 heteroatoms. The Morgan fingerprint density at radius 1 is 0.714 bits per heavy atom. The molecule has 102 valence electrons. The highest BCUT2D eigenvalue weighted by Gasteiger charge is 2.56. The van der Waals surface area contributed by atoms with Gasteiger partial charge in [0.2, 0.25) is 0 Å². The summed E-state index contributed by atoms with van der Waals surface area (Å²) in [5, 5.41) is 0. The summed E-state index contributed by atoms with van der Waals surface area (Å²) in [5.41, 5.74) is 4.63. The SMILES string of the molecule is C1=C[C@H]2C[C@@H]1[C@@H]1[C@H]2[C@H]2C=C[C@@H]1c1nc3ccccc3nc12. The fraction of sp³-hybridized carbons (Fsp3) is 0.368. The third kappa shape index (κ3) is 1.17.